The average Bonchev–Trinajstić information content (AvgIpc) is 2.60. The number of rotatable bonds is 1. The van der Waals surface area contributed by atoms with Crippen LogP contribution in [0.1, 0.15) is 26.5 Å². The summed E-state index contributed by atoms with van der Waals surface area (Å²) in [4.78, 5) is 10.7. The van der Waals surface area contributed by atoms with E-state index in [1.54, 1.807) is 22.8 Å². The third kappa shape index (κ3) is 2.06. The van der Waals surface area contributed by atoms with Crippen LogP contribution in [0.25, 0.3) is 5.52 Å². The molecule has 0 saturated heterocycles. The normalized spacial score (nSPS) is 11.7. The van der Waals surface area contributed by atoms with Gasteiger partial charge in [-0.2, -0.15) is 0 Å². The summed E-state index contributed by atoms with van der Waals surface area (Å²) >= 11 is 0. The summed E-state index contributed by atoms with van der Waals surface area (Å²) in [6.07, 6.45) is 0.643. The minimum Gasteiger partial charge on any atom is -0.465 e. The van der Waals surface area contributed by atoms with Crippen LogP contribution in [0.4, 0.5) is 10.5 Å². The van der Waals surface area contributed by atoms with E-state index in [1.807, 2.05) is 20.8 Å². The van der Waals surface area contributed by atoms with Gasteiger partial charge < -0.3 is 5.11 Å². The van der Waals surface area contributed by atoms with E-state index in [0.29, 0.717) is 11.2 Å². The Morgan fingerprint density at radius 1 is 1.47 bits per heavy atom. The van der Waals surface area contributed by atoms with Gasteiger partial charge in [-0.3, -0.25) is 5.32 Å². The quantitative estimate of drug-likeness (QED) is 0.792. The number of nitrogens with one attached hydrogen (secondary N) is 1. The SMILES string of the molecule is CC(C)(C)c1nnn2cccc(NC(=O)O)c12. The number of amides is 1. The molecule has 6 heteroatoms. The molecule has 17 heavy (non-hydrogen) atoms. The van der Waals surface area contributed by atoms with Crippen LogP contribution in [-0.4, -0.2) is 26.0 Å². The molecule has 0 atom stereocenters. The molecule has 90 valence electrons. The third-order valence-corrected chi connectivity index (χ3v) is 2.39. The Morgan fingerprint density at radius 3 is 2.76 bits per heavy atom. The standard InChI is InChI=1S/C11H14N4O2/c1-11(2,3)9-8-7(12-10(16)17)5-4-6-15(8)14-13-9/h4-6,12H,1-3H3,(H,16,17). The fraction of sp³-hybridized carbons (Fsp3) is 0.364. The lowest BCUT2D eigenvalue weighted by Gasteiger charge is -2.16. The number of pyridine rings is 1. The summed E-state index contributed by atoms with van der Waals surface area (Å²) < 4.78 is 1.58. The molecular formula is C11H14N4O2. The predicted octanol–water partition coefficient (Wildman–Crippen LogP) is 2.12. The Morgan fingerprint density at radius 2 is 2.18 bits per heavy atom. The predicted molar refractivity (Wildman–Crippen MR) is 63.3 cm³/mol. The van der Waals surface area contributed by atoms with Gasteiger partial charge in [-0.25, -0.2) is 9.31 Å². The highest BCUT2D eigenvalue weighted by atomic mass is 16.4. The lowest BCUT2D eigenvalue weighted by Crippen LogP contribution is -2.14. The number of hydrogen-bond acceptors (Lipinski definition) is 3. The van der Waals surface area contributed by atoms with Gasteiger partial charge in [0, 0.05) is 11.6 Å². The van der Waals surface area contributed by atoms with Gasteiger partial charge in [0.1, 0.15) is 5.52 Å². The molecule has 6 nitrogen and oxygen atoms in total. The van der Waals surface area contributed by atoms with E-state index in [2.05, 4.69) is 15.6 Å². The number of anilines is 1. The van der Waals surface area contributed by atoms with Crippen molar-refractivity contribution < 1.29 is 9.90 Å². The van der Waals surface area contributed by atoms with Gasteiger partial charge in [0.2, 0.25) is 0 Å². The van der Waals surface area contributed by atoms with Crippen molar-refractivity contribution >= 4 is 17.3 Å². The van der Waals surface area contributed by atoms with Crippen LogP contribution in [0, 0.1) is 0 Å². The van der Waals surface area contributed by atoms with Crippen LogP contribution in [0.15, 0.2) is 18.3 Å². The summed E-state index contributed by atoms with van der Waals surface area (Å²) in [5.74, 6) is 0. The number of fused-ring (bicyclic) bond motifs is 1. The first-order valence-corrected chi connectivity index (χ1v) is 5.24. The van der Waals surface area contributed by atoms with Gasteiger partial charge in [-0.1, -0.05) is 26.0 Å². The summed E-state index contributed by atoms with van der Waals surface area (Å²) in [7, 11) is 0. The first kappa shape index (κ1) is 11.4. The topological polar surface area (TPSA) is 79.5 Å². The second-order valence-electron chi connectivity index (χ2n) is 4.83. The molecule has 0 aliphatic rings. The number of carbonyl (C=O) groups is 1. The fourth-order valence-corrected chi connectivity index (χ4v) is 1.67. The van der Waals surface area contributed by atoms with Crippen LogP contribution in [-0.2, 0) is 5.41 Å². The van der Waals surface area contributed by atoms with E-state index >= 15 is 0 Å². The second-order valence-corrected chi connectivity index (χ2v) is 4.83. The molecule has 2 aromatic rings. The van der Waals surface area contributed by atoms with Gasteiger partial charge in [-0.15, -0.1) is 5.10 Å². The Labute approximate surface area is 98.3 Å². The summed E-state index contributed by atoms with van der Waals surface area (Å²) in [5, 5.41) is 19.3. The highest BCUT2D eigenvalue weighted by Gasteiger charge is 2.23. The molecule has 2 N–H and O–H groups in total. The minimum atomic E-state index is -1.10. The molecule has 2 rings (SSSR count). The van der Waals surface area contributed by atoms with Crippen LogP contribution < -0.4 is 5.32 Å². The molecule has 0 bridgehead atoms. The van der Waals surface area contributed by atoms with Crippen molar-refractivity contribution in [3.05, 3.63) is 24.0 Å². The van der Waals surface area contributed by atoms with E-state index in [9.17, 15) is 4.79 Å². The monoisotopic (exact) mass is 234 g/mol. The molecule has 1 amide bonds. The fourth-order valence-electron chi connectivity index (χ4n) is 1.67. The van der Waals surface area contributed by atoms with Gasteiger partial charge in [0.05, 0.1) is 11.4 Å². The molecule has 2 aromatic heterocycles. The Bertz CT molecular complexity index is 568. The first-order valence-electron chi connectivity index (χ1n) is 5.24. The van der Waals surface area contributed by atoms with E-state index in [4.69, 9.17) is 5.11 Å². The molecule has 0 aliphatic heterocycles. The van der Waals surface area contributed by atoms with Crippen molar-refractivity contribution in [2.45, 2.75) is 26.2 Å². The van der Waals surface area contributed by atoms with Crippen LogP contribution in [0.2, 0.25) is 0 Å². The van der Waals surface area contributed by atoms with Crippen molar-refractivity contribution in [2.24, 2.45) is 0 Å². The molecule has 0 radical (unpaired) electrons. The maximum absolute atomic E-state index is 10.7. The largest absolute Gasteiger partial charge is 0.465 e. The van der Waals surface area contributed by atoms with Crippen molar-refractivity contribution in [3.63, 3.8) is 0 Å². The smallest absolute Gasteiger partial charge is 0.409 e. The van der Waals surface area contributed by atoms with Crippen LogP contribution in [0.3, 0.4) is 0 Å². The molecular weight excluding hydrogens is 220 g/mol. The van der Waals surface area contributed by atoms with Crippen molar-refractivity contribution in [3.8, 4) is 0 Å². The molecule has 0 aromatic carbocycles. The van der Waals surface area contributed by atoms with E-state index in [0.717, 1.165) is 5.69 Å². The molecule has 0 unspecified atom stereocenters. The van der Waals surface area contributed by atoms with Crippen molar-refractivity contribution in [2.75, 3.05) is 5.32 Å². The zero-order chi connectivity index (χ0) is 12.6. The number of carboxylic acid groups (broad SMARTS) is 1. The van der Waals surface area contributed by atoms with E-state index in [1.165, 1.54) is 0 Å². The third-order valence-electron chi connectivity index (χ3n) is 2.39. The Balaban J connectivity index is 2.68. The van der Waals surface area contributed by atoms with Crippen LogP contribution in [0.5, 0.6) is 0 Å². The van der Waals surface area contributed by atoms with Gasteiger partial charge in [-0.05, 0) is 12.1 Å². The summed E-state index contributed by atoms with van der Waals surface area (Å²) in [6, 6.07) is 3.42. The molecule has 0 aliphatic carbocycles. The summed E-state index contributed by atoms with van der Waals surface area (Å²) in [6.45, 7) is 6.03. The average molecular weight is 234 g/mol. The molecule has 0 spiro atoms. The summed E-state index contributed by atoms with van der Waals surface area (Å²) in [5.41, 5.74) is 1.76. The lowest BCUT2D eigenvalue weighted by atomic mass is 9.91. The number of aromatic nitrogens is 3. The molecule has 0 saturated carbocycles. The van der Waals surface area contributed by atoms with E-state index in [-0.39, 0.29) is 5.41 Å². The highest BCUT2D eigenvalue weighted by Crippen LogP contribution is 2.28. The van der Waals surface area contributed by atoms with Crippen molar-refractivity contribution in [1.29, 1.82) is 0 Å². The van der Waals surface area contributed by atoms with Gasteiger partial charge >= 0.3 is 6.09 Å². The minimum absolute atomic E-state index is 0.196. The van der Waals surface area contributed by atoms with Gasteiger partial charge in [0.25, 0.3) is 0 Å². The maximum Gasteiger partial charge on any atom is 0.409 e. The Kier molecular flexibility index (Phi) is 2.49. The number of nitrogens with zero attached hydrogens (tertiary/aromatic N) is 3. The zero-order valence-corrected chi connectivity index (χ0v) is 9.93. The zero-order valence-electron chi connectivity index (χ0n) is 9.93. The second kappa shape index (κ2) is 3.73. The molecule has 0 fully saturated rings. The first-order chi connectivity index (χ1) is 7.89. The Hall–Kier alpha value is -2.11. The van der Waals surface area contributed by atoms with E-state index < -0.39 is 6.09 Å². The van der Waals surface area contributed by atoms with Crippen molar-refractivity contribution in [1.82, 2.24) is 14.8 Å². The number of hydrogen-bond donors (Lipinski definition) is 2. The van der Waals surface area contributed by atoms with Gasteiger partial charge in [0.15, 0.2) is 0 Å². The maximum atomic E-state index is 10.7. The lowest BCUT2D eigenvalue weighted by molar-refractivity contribution is 0.210. The molecule has 2 heterocycles. The van der Waals surface area contributed by atoms with Crippen LogP contribution >= 0.6 is 0 Å². The highest BCUT2D eigenvalue weighted by molar-refractivity contribution is 5.90.